The molecule has 2 aliphatic heterocycles. The molecule has 1 aliphatic carbocycles. The Bertz CT molecular complexity index is 959. The van der Waals surface area contributed by atoms with E-state index in [1.165, 1.54) is 0 Å². The van der Waals surface area contributed by atoms with Crippen LogP contribution in [0.5, 0.6) is 0 Å². The molecule has 0 fully saturated rings. The van der Waals surface area contributed by atoms with Gasteiger partial charge in [0.05, 0.1) is 5.92 Å². The van der Waals surface area contributed by atoms with Crippen LogP contribution in [0, 0.1) is 11.3 Å². The van der Waals surface area contributed by atoms with Crippen LogP contribution in [0.1, 0.15) is 43.4 Å². The zero-order valence-corrected chi connectivity index (χ0v) is 16.6. The van der Waals surface area contributed by atoms with E-state index >= 15 is 0 Å². The largest absolute Gasteiger partial charge is 0.464 e. The van der Waals surface area contributed by atoms with Gasteiger partial charge in [-0.05, 0) is 37.5 Å². The molecule has 0 saturated carbocycles. The first-order valence-electron chi connectivity index (χ1n) is 9.78. The summed E-state index contributed by atoms with van der Waals surface area (Å²) in [6.45, 7) is 6.26. The van der Waals surface area contributed by atoms with Gasteiger partial charge in [0.15, 0.2) is 0 Å². The Morgan fingerprint density at radius 3 is 2.50 bits per heavy atom. The predicted molar refractivity (Wildman–Crippen MR) is 110 cm³/mol. The van der Waals surface area contributed by atoms with Crippen molar-refractivity contribution in [3.63, 3.8) is 0 Å². The number of carbonyl (C=O) groups excluding carboxylic acids is 1. The summed E-state index contributed by atoms with van der Waals surface area (Å²) in [5.41, 5.74) is 1.96. The smallest absolute Gasteiger partial charge is 0.313 e. The number of hydrogen-bond acceptors (Lipinski definition) is 3. The van der Waals surface area contributed by atoms with Gasteiger partial charge in [-0.1, -0.05) is 78.4 Å². The van der Waals surface area contributed by atoms with Gasteiger partial charge in [0, 0.05) is 11.3 Å². The third-order valence-corrected chi connectivity index (χ3v) is 6.39. The van der Waals surface area contributed by atoms with Gasteiger partial charge in [-0.25, -0.2) is 0 Å². The first kappa shape index (κ1) is 18.7. The lowest BCUT2D eigenvalue weighted by atomic mass is 9.69. The summed E-state index contributed by atoms with van der Waals surface area (Å²) < 4.78 is 5.67. The van der Waals surface area contributed by atoms with Gasteiger partial charge < -0.3 is 9.84 Å². The standard InChI is InChI=1S/C25H26O3/c1-17-14-22-12-13-24(17,3)16-28-23(26)18(2)19-8-7-11-21(15-19)25(22,27)20-9-5-4-6-10-20/h4-15,18,22,27H,16H2,1-3H3/t18-,22?,24-,25+/m0/s1. The lowest BCUT2D eigenvalue weighted by Crippen LogP contribution is -2.38. The van der Waals surface area contributed by atoms with Crippen LogP contribution in [-0.4, -0.2) is 17.7 Å². The Kier molecular flexibility index (Phi) is 4.51. The molecule has 5 rings (SSSR count). The average molecular weight is 374 g/mol. The van der Waals surface area contributed by atoms with Crippen molar-refractivity contribution in [3.8, 4) is 0 Å². The van der Waals surface area contributed by atoms with Gasteiger partial charge in [0.1, 0.15) is 12.2 Å². The molecule has 1 unspecified atom stereocenters. The molecule has 0 radical (unpaired) electrons. The van der Waals surface area contributed by atoms with Crippen LogP contribution in [0.2, 0.25) is 0 Å². The SMILES string of the molecule is CC1=CC2C=C[C@@]1(C)COC(=O)[C@@H](C)c1cccc(c1)[C@]2(O)c1ccccc1. The highest BCUT2D eigenvalue weighted by atomic mass is 16.5. The van der Waals surface area contributed by atoms with Crippen molar-refractivity contribution in [3.05, 3.63) is 95.1 Å². The number of rotatable bonds is 1. The highest BCUT2D eigenvalue weighted by Crippen LogP contribution is 2.45. The highest BCUT2D eigenvalue weighted by Gasteiger charge is 2.42. The zero-order valence-electron chi connectivity index (χ0n) is 16.6. The van der Waals surface area contributed by atoms with Crippen molar-refractivity contribution in [1.82, 2.24) is 0 Å². The number of benzene rings is 2. The molecule has 0 spiro atoms. The summed E-state index contributed by atoms with van der Waals surface area (Å²) in [6.07, 6.45) is 6.23. The number of fused-ring (bicyclic) bond motifs is 3. The van der Waals surface area contributed by atoms with Crippen LogP contribution in [-0.2, 0) is 15.1 Å². The molecule has 2 aromatic carbocycles. The van der Waals surface area contributed by atoms with Crippen LogP contribution < -0.4 is 0 Å². The number of ether oxygens (including phenoxy) is 1. The molecular formula is C25H26O3. The fourth-order valence-electron chi connectivity index (χ4n) is 4.16. The van der Waals surface area contributed by atoms with Crippen molar-refractivity contribution in [2.45, 2.75) is 32.3 Å². The number of carbonyl (C=O) groups is 1. The fraction of sp³-hybridized carbons (Fsp3) is 0.320. The van der Waals surface area contributed by atoms with E-state index < -0.39 is 11.5 Å². The van der Waals surface area contributed by atoms with Crippen LogP contribution in [0.15, 0.2) is 78.4 Å². The van der Waals surface area contributed by atoms with Gasteiger partial charge in [-0.3, -0.25) is 4.79 Å². The molecule has 0 aromatic heterocycles. The topological polar surface area (TPSA) is 46.5 Å². The Hall–Kier alpha value is -2.65. The highest BCUT2D eigenvalue weighted by molar-refractivity contribution is 5.78. The van der Waals surface area contributed by atoms with Gasteiger partial charge in [-0.15, -0.1) is 0 Å². The summed E-state index contributed by atoms with van der Waals surface area (Å²) in [5, 5.41) is 12.1. The zero-order chi connectivity index (χ0) is 19.9. The normalized spacial score (nSPS) is 32.1. The van der Waals surface area contributed by atoms with E-state index in [0.29, 0.717) is 6.61 Å². The summed E-state index contributed by atoms with van der Waals surface area (Å²) in [6, 6.07) is 17.5. The van der Waals surface area contributed by atoms with Crippen molar-refractivity contribution in [2.75, 3.05) is 6.61 Å². The van der Waals surface area contributed by atoms with E-state index in [4.69, 9.17) is 4.74 Å². The van der Waals surface area contributed by atoms with Gasteiger partial charge in [0.2, 0.25) is 0 Å². The minimum Gasteiger partial charge on any atom is -0.464 e. The quantitative estimate of drug-likeness (QED) is 0.580. The summed E-state index contributed by atoms with van der Waals surface area (Å²) in [7, 11) is 0. The molecule has 3 heteroatoms. The summed E-state index contributed by atoms with van der Waals surface area (Å²) in [4.78, 5) is 12.7. The van der Waals surface area contributed by atoms with Gasteiger partial charge in [-0.2, -0.15) is 0 Å². The van der Waals surface area contributed by atoms with Crippen molar-refractivity contribution >= 4 is 5.97 Å². The molecule has 0 saturated heterocycles. The molecule has 3 nitrogen and oxygen atoms in total. The van der Waals surface area contributed by atoms with Crippen LogP contribution in [0.4, 0.5) is 0 Å². The van der Waals surface area contributed by atoms with E-state index in [0.717, 1.165) is 22.3 Å². The Balaban J connectivity index is 1.97. The lowest BCUT2D eigenvalue weighted by Gasteiger charge is -2.40. The monoisotopic (exact) mass is 374 g/mol. The molecule has 1 N–H and O–H groups in total. The maximum Gasteiger partial charge on any atom is 0.313 e. The van der Waals surface area contributed by atoms with Gasteiger partial charge in [0.25, 0.3) is 0 Å². The molecule has 144 valence electrons. The van der Waals surface area contributed by atoms with Crippen LogP contribution >= 0.6 is 0 Å². The van der Waals surface area contributed by atoms with E-state index in [-0.39, 0.29) is 17.3 Å². The van der Waals surface area contributed by atoms with Gasteiger partial charge >= 0.3 is 5.97 Å². The minimum atomic E-state index is -1.22. The molecule has 3 aliphatic rings. The predicted octanol–water partition coefficient (Wildman–Crippen LogP) is 4.72. The molecule has 4 bridgehead atoms. The maximum atomic E-state index is 12.7. The van der Waals surface area contributed by atoms with Crippen molar-refractivity contribution < 1.29 is 14.6 Å². The Labute approximate surface area is 166 Å². The van der Waals surface area contributed by atoms with Crippen LogP contribution in [0.3, 0.4) is 0 Å². The third kappa shape index (κ3) is 2.91. The number of aliphatic hydroxyl groups is 1. The molecule has 4 atom stereocenters. The Morgan fingerprint density at radius 2 is 1.79 bits per heavy atom. The average Bonchev–Trinajstić information content (AvgIpc) is 2.73. The second kappa shape index (κ2) is 6.75. The van der Waals surface area contributed by atoms with E-state index in [9.17, 15) is 9.90 Å². The van der Waals surface area contributed by atoms with Crippen LogP contribution in [0.25, 0.3) is 0 Å². The van der Waals surface area contributed by atoms with Crippen molar-refractivity contribution in [2.24, 2.45) is 11.3 Å². The maximum absolute atomic E-state index is 12.7. The second-order valence-electron chi connectivity index (χ2n) is 8.24. The fourth-order valence-corrected chi connectivity index (χ4v) is 4.16. The van der Waals surface area contributed by atoms with E-state index in [2.05, 4.69) is 19.1 Å². The molecular weight excluding hydrogens is 348 g/mol. The first-order chi connectivity index (χ1) is 13.3. The number of hydrogen-bond donors (Lipinski definition) is 1. The summed E-state index contributed by atoms with van der Waals surface area (Å²) >= 11 is 0. The third-order valence-electron chi connectivity index (χ3n) is 6.39. The lowest BCUT2D eigenvalue weighted by molar-refractivity contribution is -0.147. The molecule has 28 heavy (non-hydrogen) atoms. The summed E-state index contributed by atoms with van der Waals surface area (Å²) in [5.74, 6) is -0.857. The second-order valence-corrected chi connectivity index (χ2v) is 8.24. The van der Waals surface area contributed by atoms with E-state index in [1.54, 1.807) is 0 Å². The number of esters is 1. The Morgan fingerprint density at radius 1 is 1.07 bits per heavy atom. The molecule has 2 aromatic rings. The first-order valence-corrected chi connectivity index (χ1v) is 9.78. The van der Waals surface area contributed by atoms with Crippen molar-refractivity contribution in [1.29, 1.82) is 0 Å². The molecule has 0 amide bonds. The molecule has 2 heterocycles. The van der Waals surface area contributed by atoms with E-state index in [1.807, 2.05) is 74.5 Å². The minimum absolute atomic E-state index is 0.219.